The SMILES string of the molecule is Cn1cc(C(=O)c2ccc3c(c2)CNCC3)cn1. The number of ketones is 1. The number of aromatic nitrogens is 2. The van der Waals surface area contributed by atoms with Crippen LogP contribution in [-0.4, -0.2) is 22.1 Å². The predicted molar refractivity (Wildman–Crippen MR) is 68.5 cm³/mol. The van der Waals surface area contributed by atoms with Crippen LogP contribution in [0.5, 0.6) is 0 Å². The van der Waals surface area contributed by atoms with E-state index < -0.39 is 0 Å². The van der Waals surface area contributed by atoms with E-state index in [-0.39, 0.29) is 5.78 Å². The monoisotopic (exact) mass is 241 g/mol. The maximum atomic E-state index is 12.3. The first-order valence-electron chi connectivity index (χ1n) is 6.10. The number of fused-ring (bicyclic) bond motifs is 1. The van der Waals surface area contributed by atoms with Gasteiger partial charge < -0.3 is 5.32 Å². The number of hydrogen-bond donors (Lipinski definition) is 1. The van der Waals surface area contributed by atoms with Crippen LogP contribution in [0, 0.1) is 0 Å². The Bertz CT molecular complexity index is 601. The zero-order chi connectivity index (χ0) is 12.5. The van der Waals surface area contributed by atoms with E-state index in [1.54, 1.807) is 17.1 Å². The van der Waals surface area contributed by atoms with Gasteiger partial charge in [0.25, 0.3) is 0 Å². The van der Waals surface area contributed by atoms with Crippen molar-refractivity contribution in [3.8, 4) is 0 Å². The molecule has 0 bridgehead atoms. The van der Waals surface area contributed by atoms with Crippen LogP contribution in [0.4, 0.5) is 0 Å². The number of nitrogens with zero attached hydrogens (tertiary/aromatic N) is 2. The van der Waals surface area contributed by atoms with Crippen molar-refractivity contribution in [3.63, 3.8) is 0 Å². The second-order valence-electron chi connectivity index (χ2n) is 4.64. The lowest BCUT2D eigenvalue weighted by atomic mass is 9.96. The Kier molecular flexibility index (Phi) is 2.72. The fourth-order valence-electron chi connectivity index (χ4n) is 2.33. The molecule has 0 unspecified atom stereocenters. The topological polar surface area (TPSA) is 46.9 Å². The highest BCUT2D eigenvalue weighted by atomic mass is 16.1. The van der Waals surface area contributed by atoms with Gasteiger partial charge in [-0.3, -0.25) is 9.48 Å². The van der Waals surface area contributed by atoms with Gasteiger partial charge in [0.1, 0.15) is 0 Å². The number of benzene rings is 1. The van der Waals surface area contributed by atoms with Crippen molar-refractivity contribution in [2.24, 2.45) is 7.05 Å². The van der Waals surface area contributed by atoms with E-state index in [0.29, 0.717) is 5.56 Å². The average molecular weight is 241 g/mol. The molecule has 1 aliphatic heterocycles. The fourth-order valence-corrected chi connectivity index (χ4v) is 2.33. The van der Waals surface area contributed by atoms with Crippen molar-refractivity contribution in [2.45, 2.75) is 13.0 Å². The van der Waals surface area contributed by atoms with Gasteiger partial charge in [-0.15, -0.1) is 0 Å². The van der Waals surface area contributed by atoms with Crippen molar-refractivity contribution in [3.05, 3.63) is 52.8 Å². The average Bonchev–Trinajstić information content (AvgIpc) is 2.84. The predicted octanol–water partition coefficient (Wildman–Crippen LogP) is 1.30. The standard InChI is InChI=1S/C14H15N3O/c1-17-9-13(8-16-17)14(18)11-3-2-10-4-5-15-7-12(10)6-11/h2-3,6,8-9,15H,4-5,7H2,1H3. The van der Waals surface area contributed by atoms with Crippen molar-refractivity contribution in [1.29, 1.82) is 0 Å². The highest BCUT2D eigenvalue weighted by Gasteiger charge is 2.14. The summed E-state index contributed by atoms with van der Waals surface area (Å²) in [5, 5.41) is 7.36. The van der Waals surface area contributed by atoms with Crippen molar-refractivity contribution < 1.29 is 4.79 Å². The minimum Gasteiger partial charge on any atom is -0.312 e. The Labute approximate surface area is 106 Å². The van der Waals surface area contributed by atoms with Crippen LogP contribution < -0.4 is 5.32 Å². The summed E-state index contributed by atoms with van der Waals surface area (Å²) in [6.45, 7) is 1.87. The first-order chi connectivity index (χ1) is 8.74. The molecule has 0 saturated heterocycles. The van der Waals surface area contributed by atoms with Gasteiger partial charge in [0.2, 0.25) is 0 Å². The van der Waals surface area contributed by atoms with Crippen LogP contribution in [0.2, 0.25) is 0 Å². The minimum absolute atomic E-state index is 0.0384. The third-order valence-electron chi connectivity index (χ3n) is 3.32. The number of hydrogen-bond acceptors (Lipinski definition) is 3. The first kappa shape index (κ1) is 11.2. The molecule has 18 heavy (non-hydrogen) atoms. The lowest BCUT2D eigenvalue weighted by Gasteiger charge is -2.17. The Morgan fingerprint density at radius 1 is 1.33 bits per heavy atom. The highest BCUT2D eigenvalue weighted by molar-refractivity contribution is 6.08. The molecule has 1 aromatic carbocycles. The number of nitrogens with one attached hydrogen (secondary N) is 1. The molecule has 0 aliphatic carbocycles. The van der Waals surface area contributed by atoms with Gasteiger partial charge in [-0.1, -0.05) is 12.1 Å². The number of carbonyl (C=O) groups excluding carboxylic acids is 1. The maximum absolute atomic E-state index is 12.3. The van der Waals surface area contributed by atoms with Crippen LogP contribution in [-0.2, 0) is 20.0 Å². The smallest absolute Gasteiger partial charge is 0.196 e. The zero-order valence-electron chi connectivity index (χ0n) is 10.3. The summed E-state index contributed by atoms with van der Waals surface area (Å²) >= 11 is 0. The lowest BCUT2D eigenvalue weighted by Crippen LogP contribution is -2.23. The number of rotatable bonds is 2. The first-order valence-corrected chi connectivity index (χ1v) is 6.10. The Balaban J connectivity index is 1.95. The number of carbonyl (C=O) groups is 1. The molecule has 0 saturated carbocycles. The molecule has 2 heterocycles. The largest absolute Gasteiger partial charge is 0.312 e. The third kappa shape index (κ3) is 1.95. The van der Waals surface area contributed by atoms with Gasteiger partial charge in [-0.2, -0.15) is 5.10 Å². The van der Waals surface area contributed by atoms with Gasteiger partial charge in [-0.05, 0) is 30.2 Å². The molecule has 4 heteroatoms. The van der Waals surface area contributed by atoms with E-state index in [4.69, 9.17) is 0 Å². The van der Waals surface area contributed by atoms with E-state index in [1.165, 1.54) is 11.1 Å². The molecule has 0 atom stereocenters. The second kappa shape index (κ2) is 4.38. The Hall–Kier alpha value is -1.94. The summed E-state index contributed by atoms with van der Waals surface area (Å²) in [6.07, 6.45) is 4.40. The van der Waals surface area contributed by atoms with Gasteiger partial charge in [-0.25, -0.2) is 0 Å². The molecule has 1 N–H and O–H groups in total. The second-order valence-corrected chi connectivity index (χ2v) is 4.64. The van der Waals surface area contributed by atoms with Crippen molar-refractivity contribution in [2.75, 3.05) is 6.54 Å². The zero-order valence-corrected chi connectivity index (χ0v) is 10.3. The van der Waals surface area contributed by atoms with Gasteiger partial charge in [0, 0.05) is 25.4 Å². The molecule has 0 radical (unpaired) electrons. The van der Waals surface area contributed by atoms with Crippen molar-refractivity contribution in [1.82, 2.24) is 15.1 Å². The summed E-state index contributed by atoms with van der Waals surface area (Å²) in [5.74, 6) is 0.0384. The van der Waals surface area contributed by atoms with Crippen LogP contribution in [0.25, 0.3) is 0 Å². The Morgan fingerprint density at radius 3 is 3.00 bits per heavy atom. The molecular formula is C14H15N3O. The van der Waals surface area contributed by atoms with Crippen LogP contribution >= 0.6 is 0 Å². The quantitative estimate of drug-likeness (QED) is 0.806. The molecule has 0 amide bonds. The molecule has 0 fully saturated rings. The van der Waals surface area contributed by atoms with Crippen LogP contribution in [0.1, 0.15) is 27.0 Å². The van der Waals surface area contributed by atoms with Crippen LogP contribution in [0.15, 0.2) is 30.6 Å². The summed E-state index contributed by atoms with van der Waals surface area (Å²) < 4.78 is 1.65. The summed E-state index contributed by atoms with van der Waals surface area (Å²) in [5.41, 5.74) is 3.96. The van der Waals surface area contributed by atoms with E-state index >= 15 is 0 Å². The molecule has 2 aromatic rings. The number of aryl methyl sites for hydroxylation is 1. The fraction of sp³-hybridized carbons (Fsp3) is 0.286. The molecule has 1 aliphatic rings. The van der Waals surface area contributed by atoms with E-state index in [1.807, 2.05) is 19.2 Å². The van der Waals surface area contributed by atoms with Gasteiger partial charge in [0.05, 0.1) is 11.8 Å². The lowest BCUT2D eigenvalue weighted by molar-refractivity contribution is 0.103. The van der Waals surface area contributed by atoms with Crippen LogP contribution in [0.3, 0.4) is 0 Å². The molecule has 3 rings (SSSR count). The third-order valence-corrected chi connectivity index (χ3v) is 3.32. The summed E-state index contributed by atoms with van der Waals surface area (Å²) in [7, 11) is 1.81. The molecule has 92 valence electrons. The van der Waals surface area contributed by atoms with E-state index in [9.17, 15) is 4.79 Å². The Morgan fingerprint density at radius 2 is 2.22 bits per heavy atom. The van der Waals surface area contributed by atoms with Crippen molar-refractivity contribution >= 4 is 5.78 Å². The molecule has 4 nitrogen and oxygen atoms in total. The maximum Gasteiger partial charge on any atom is 0.196 e. The summed E-state index contributed by atoms with van der Waals surface area (Å²) in [6, 6.07) is 5.98. The molecule has 1 aromatic heterocycles. The molecule has 0 spiro atoms. The molecular weight excluding hydrogens is 226 g/mol. The van der Waals surface area contributed by atoms with E-state index in [2.05, 4.69) is 16.5 Å². The normalized spacial score (nSPS) is 14.3. The minimum atomic E-state index is 0.0384. The highest BCUT2D eigenvalue weighted by Crippen LogP contribution is 2.18. The summed E-state index contributed by atoms with van der Waals surface area (Å²) in [4.78, 5) is 12.3. The van der Waals surface area contributed by atoms with Gasteiger partial charge >= 0.3 is 0 Å². The van der Waals surface area contributed by atoms with E-state index in [0.717, 1.165) is 25.1 Å². The van der Waals surface area contributed by atoms with Gasteiger partial charge in [0.15, 0.2) is 5.78 Å².